The lowest BCUT2D eigenvalue weighted by Crippen LogP contribution is -2.37. The number of allylic oxidation sites excluding steroid dienone is 1. The van der Waals surface area contributed by atoms with E-state index in [0.29, 0.717) is 12.1 Å². The van der Waals surface area contributed by atoms with Gasteiger partial charge in [0.25, 0.3) is 0 Å². The van der Waals surface area contributed by atoms with Crippen LogP contribution in [0.4, 0.5) is 0 Å². The fraction of sp³-hybridized carbons (Fsp3) is 0.615. The largest absolute Gasteiger partial charge is 0.399 e. The second-order valence-electron chi connectivity index (χ2n) is 4.43. The fourth-order valence-corrected chi connectivity index (χ4v) is 2.20. The van der Waals surface area contributed by atoms with Crippen molar-refractivity contribution in [1.82, 2.24) is 0 Å². The minimum absolute atomic E-state index is 0.128. The van der Waals surface area contributed by atoms with E-state index in [1.54, 1.807) is 13.0 Å². The summed E-state index contributed by atoms with van der Waals surface area (Å²) >= 11 is 0. The number of carbonyl (C=O) groups excluding carboxylic acids is 2. The molecule has 0 spiro atoms. The molecule has 0 aliphatic heterocycles. The number of ketones is 2. The molecule has 0 unspecified atom stereocenters. The number of carbonyl (C=O) groups is 2. The van der Waals surface area contributed by atoms with E-state index in [4.69, 9.17) is 0 Å². The van der Waals surface area contributed by atoms with Crippen molar-refractivity contribution < 1.29 is 19.5 Å². The number of hydrogen-bond donors (Lipinski definition) is 1. The first-order valence-electron chi connectivity index (χ1n) is 6.02. The number of rotatable bonds is 5. The third-order valence-electron chi connectivity index (χ3n) is 3.28. The van der Waals surface area contributed by atoms with Crippen molar-refractivity contribution in [2.24, 2.45) is 17.0 Å². The van der Waals surface area contributed by atoms with Gasteiger partial charge in [-0.25, -0.2) is 0 Å². The normalized spacial score (nSPS) is 28.3. The Bertz CT molecular complexity index is 386. The monoisotopic (exact) mass is 253 g/mol. The predicted molar refractivity (Wildman–Crippen MR) is 67.2 cm³/mol. The lowest BCUT2D eigenvalue weighted by molar-refractivity contribution is -0.127. The van der Waals surface area contributed by atoms with E-state index in [1.165, 1.54) is 13.2 Å². The van der Waals surface area contributed by atoms with Crippen molar-refractivity contribution in [1.29, 1.82) is 0 Å². The fourth-order valence-electron chi connectivity index (χ4n) is 2.20. The Balaban J connectivity index is 2.77. The molecular formula is C13H19NO4. The van der Waals surface area contributed by atoms with E-state index in [2.05, 4.69) is 9.99 Å². The second kappa shape index (κ2) is 6.44. The lowest BCUT2D eigenvalue weighted by atomic mass is 9.77. The first-order valence-corrected chi connectivity index (χ1v) is 6.02. The van der Waals surface area contributed by atoms with Crippen molar-refractivity contribution in [2.75, 3.05) is 7.11 Å². The molecule has 1 aliphatic carbocycles. The molecule has 0 aromatic rings. The van der Waals surface area contributed by atoms with E-state index in [0.717, 1.165) is 0 Å². The van der Waals surface area contributed by atoms with Gasteiger partial charge in [0.05, 0.1) is 0 Å². The standard InChI is InChI=1S/C13H19NO4/c1-4-10-9(5-6-11(15)13(10)17)7-12(16)8(2)14-18-3/h5-6,9-10,13,17H,4,7H2,1-3H3/b14-8+/t9-,10-,13+/m1/s1. The summed E-state index contributed by atoms with van der Waals surface area (Å²) in [6.45, 7) is 3.48. The number of aliphatic hydroxyl groups excluding tert-OH is 1. The highest BCUT2D eigenvalue weighted by Gasteiger charge is 2.34. The maximum Gasteiger partial charge on any atom is 0.184 e. The Morgan fingerprint density at radius 3 is 2.78 bits per heavy atom. The Kier molecular flexibility index (Phi) is 5.22. The molecule has 0 radical (unpaired) electrons. The summed E-state index contributed by atoms with van der Waals surface area (Å²) < 4.78 is 0. The van der Waals surface area contributed by atoms with Gasteiger partial charge in [0.2, 0.25) is 0 Å². The van der Waals surface area contributed by atoms with Gasteiger partial charge in [-0.1, -0.05) is 18.2 Å². The van der Waals surface area contributed by atoms with Crippen LogP contribution in [-0.2, 0) is 14.4 Å². The minimum atomic E-state index is -1.00. The number of aliphatic hydroxyl groups is 1. The van der Waals surface area contributed by atoms with E-state index < -0.39 is 6.10 Å². The minimum Gasteiger partial charge on any atom is -0.399 e. The van der Waals surface area contributed by atoms with Crippen molar-refractivity contribution in [3.63, 3.8) is 0 Å². The molecule has 1 N–H and O–H groups in total. The van der Waals surface area contributed by atoms with Crippen molar-refractivity contribution >= 4 is 17.3 Å². The Morgan fingerprint density at radius 2 is 2.22 bits per heavy atom. The van der Waals surface area contributed by atoms with Crippen LogP contribution in [0.25, 0.3) is 0 Å². The second-order valence-corrected chi connectivity index (χ2v) is 4.43. The average Bonchev–Trinajstić information content (AvgIpc) is 2.34. The third-order valence-corrected chi connectivity index (χ3v) is 3.28. The molecule has 0 saturated heterocycles. The van der Waals surface area contributed by atoms with Crippen LogP contribution in [0.1, 0.15) is 26.7 Å². The van der Waals surface area contributed by atoms with Crippen LogP contribution >= 0.6 is 0 Å². The Morgan fingerprint density at radius 1 is 1.56 bits per heavy atom. The molecule has 0 bridgehead atoms. The van der Waals surface area contributed by atoms with E-state index in [-0.39, 0.29) is 29.8 Å². The summed E-state index contributed by atoms with van der Waals surface area (Å²) in [5.41, 5.74) is 0.298. The van der Waals surface area contributed by atoms with Crippen molar-refractivity contribution in [3.05, 3.63) is 12.2 Å². The van der Waals surface area contributed by atoms with Crippen LogP contribution in [0.3, 0.4) is 0 Å². The summed E-state index contributed by atoms with van der Waals surface area (Å²) in [6.07, 6.45) is 2.95. The summed E-state index contributed by atoms with van der Waals surface area (Å²) in [6, 6.07) is 0. The molecule has 0 heterocycles. The highest BCUT2D eigenvalue weighted by molar-refractivity contribution is 6.38. The molecule has 1 rings (SSSR count). The van der Waals surface area contributed by atoms with Crippen LogP contribution in [0.2, 0.25) is 0 Å². The molecular weight excluding hydrogens is 234 g/mol. The molecule has 5 heteroatoms. The topological polar surface area (TPSA) is 76.0 Å². The zero-order valence-corrected chi connectivity index (χ0v) is 10.9. The maximum absolute atomic E-state index is 11.8. The lowest BCUT2D eigenvalue weighted by Gasteiger charge is -2.29. The first-order chi connectivity index (χ1) is 8.51. The van der Waals surface area contributed by atoms with Gasteiger partial charge in [-0.2, -0.15) is 0 Å². The zero-order valence-electron chi connectivity index (χ0n) is 10.9. The van der Waals surface area contributed by atoms with Crippen LogP contribution in [0.15, 0.2) is 17.3 Å². The van der Waals surface area contributed by atoms with Crippen LogP contribution in [-0.4, -0.2) is 35.6 Å². The molecule has 3 atom stereocenters. The highest BCUT2D eigenvalue weighted by atomic mass is 16.6. The number of hydrogen-bond acceptors (Lipinski definition) is 5. The molecule has 18 heavy (non-hydrogen) atoms. The predicted octanol–water partition coefficient (Wildman–Crippen LogP) is 1.11. The smallest absolute Gasteiger partial charge is 0.184 e. The quantitative estimate of drug-likeness (QED) is 0.588. The summed E-state index contributed by atoms with van der Waals surface area (Å²) in [4.78, 5) is 27.8. The van der Waals surface area contributed by atoms with Crippen molar-refractivity contribution in [2.45, 2.75) is 32.8 Å². The van der Waals surface area contributed by atoms with Gasteiger partial charge in [0.15, 0.2) is 11.6 Å². The van der Waals surface area contributed by atoms with Gasteiger partial charge in [0, 0.05) is 6.42 Å². The van der Waals surface area contributed by atoms with Gasteiger partial charge in [-0.15, -0.1) is 0 Å². The maximum atomic E-state index is 11.8. The third kappa shape index (κ3) is 3.26. The number of nitrogens with zero attached hydrogens (tertiary/aromatic N) is 1. The molecule has 0 saturated carbocycles. The number of Topliss-reactive ketones (excluding diaryl/α,β-unsaturated/α-hetero) is 1. The molecule has 5 nitrogen and oxygen atoms in total. The summed E-state index contributed by atoms with van der Waals surface area (Å²) in [5.74, 6) is -0.752. The van der Waals surface area contributed by atoms with Gasteiger partial charge in [-0.3, -0.25) is 9.59 Å². The average molecular weight is 253 g/mol. The van der Waals surface area contributed by atoms with E-state index >= 15 is 0 Å². The van der Waals surface area contributed by atoms with Crippen LogP contribution in [0, 0.1) is 11.8 Å². The Hall–Kier alpha value is -1.49. The van der Waals surface area contributed by atoms with Gasteiger partial charge < -0.3 is 9.94 Å². The Labute approximate surface area is 107 Å². The number of oxime groups is 1. The zero-order chi connectivity index (χ0) is 13.7. The summed E-state index contributed by atoms with van der Waals surface area (Å²) in [7, 11) is 1.38. The van der Waals surface area contributed by atoms with Crippen molar-refractivity contribution in [3.8, 4) is 0 Å². The first kappa shape index (κ1) is 14.6. The molecule has 0 aromatic heterocycles. The molecule has 100 valence electrons. The SMILES string of the molecule is CC[C@@H]1[C@@H](CC(=O)/C(C)=N/OC)C=CC(=O)[C@H]1O. The molecule has 0 fully saturated rings. The van der Waals surface area contributed by atoms with Crippen LogP contribution in [0.5, 0.6) is 0 Å². The molecule has 0 aromatic carbocycles. The van der Waals surface area contributed by atoms with Gasteiger partial charge in [-0.05, 0) is 31.3 Å². The highest BCUT2D eigenvalue weighted by Crippen LogP contribution is 2.29. The van der Waals surface area contributed by atoms with E-state index in [1.807, 2.05) is 6.92 Å². The van der Waals surface area contributed by atoms with Gasteiger partial charge in [0.1, 0.15) is 18.9 Å². The van der Waals surface area contributed by atoms with Crippen LogP contribution < -0.4 is 0 Å². The molecule has 1 aliphatic rings. The summed E-state index contributed by atoms with van der Waals surface area (Å²) in [5, 5.41) is 13.4. The van der Waals surface area contributed by atoms with Gasteiger partial charge >= 0.3 is 0 Å². The molecule has 0 amide bonds. The van der Waals surface area contributed by atoms with E-state index in [9.17, 15) is 14.7 Å².